The minimum atomic E-state index is -0.211. The van der Waals surface area contributed by atoms with E-state index in [1.54, 1.807) is 28.8 Å². The van der Waals surface area contributed by atoms with Crippen LogP contribution in [0.2, 0.25) is 0 Å². The van der Waals surface area contributed by atoms with E-state index in [-0.39, 0.29) is 5.91 Å². The van der Waals surface area contributed by atoms with Crippen LogP contribution in [0.5, 0.6) is 0 Å². The number of anilines is 5. The molecule has 0 aliphatic rings. The summed E-state index contributed by atoms with van der Waals surface area (Å²) in [5, 5.41) is 18.0. The van der Waals surface area contributed by atoms with Gasteiger partial charge in [0.05, 0.1) is 11.4 Å². The summed E-state index contributed by atoms with van der Waals surface area (Å²) in [6.07, 6.45) is 1.89. The second-order valence-corrected chi connectivity index (χ2v) is 8.41. The van der Waals surface area contributed by atoms with E-state index in [4.69, 9.17) is 15.8 Å². The molecule has 0 saturated carbocycles. The lowest BCUT2D eigenvalue weighted by molar-refractivity contribution is 0.102. The third-order valence-corrected chi connectivity index (χ3v) is 5.80. The summed E-state index contributed by atoms with van der Waals surface area (Å²) in [4.78, 5) is 19.5. The standard InChI is InChI=1S/C26H27N9O/c1-3-34(16-18-10-12-19(13-11-18)25(36)28-21-8-5-4-7-20(21)27)26-30-24(22-9-6-14-35(22)33-26)29-23-15-17(2)31-32-23/h4-15H,3,16,27H2,1-2H3,(H,28,36)(H2,29,30,31,32,33). The number of hydrogen-bond acceptors (Lipinski definition) is 7. The molecule has 10 nitrogen and oxygen atoms in total. The van der Waals surface area contributed by atoms with Crippen molar-refractivity contribution >= 4 is 40.4 Å². The summed E-state index contributed by atoms with van der Waals surface area (Å²) in [5.41, 5.74) is 10.4. The Labute approximate surface area is 208 Å². The Morgan fingerprint density at radius 1 is 1.11 bits per heavy atom. The SMILES string of the molecule is CCN(Cc1ccc(C(=O)Nc2ccccc2N)cc1)c1nc(Nc2cc(C)[nH]n2)c2cccn2n1. The number of nitrogens with zero attached hydrogens (tertiary/aromatic N) is 5. The first-order valence-corrected chi connectivity index (χ1v) is 11.6. The van der Waals surface area contributed by atoms with Crippen molar-refractivity contribution in [2.24, 2.45) is 0 Å². The Balaban J connectivity index is 1.34. The largest absolute Gasteiger partial charge is 0.397 e. The van der Waals surface area contributed by atoms with E-state index in [0.717, 1.165) is 16.8 Å². The number of nitrogen functional groups attached to an aromatic ring is 1. The zero-order valence-corrected chi connectivity index (χ0v) is 20.1. The molecule has 36 heavy (non-hydrogen) atoms. The molecular weight excluding hydrogens is 454 g/mol. The molecule has 5 N–H and O–H groups in total. The molecule has 0 aliphatic heterocycles. The van der Waals surface area contributed by atoms with E-state index >= 15 is 0 Å². The summed E-state index contributed by atoms with van der Waals surface area (Å²) in [7, 11) is 0. The van der Waals surface area contributed by atoms with E-state index in [2.05, 4.69) is 32.7 Å². The van der Waals surface area contributed by atoms with Gasteiger partial charge in [0.25, 0.3) is 5.91 Å². The third-order valence-electron chi connectivity index (χ3n) is 5.80. The van der Waals surface area contributed by atoms with Crippen molar-refractivity contribution in [2.75, 3.05) is 27.8 Å². The minimum absolute atomic E-state index is 0.211. The Hall–Kier alpha value is -4.86. The fraction of sp³-hybridized carbons (Fsp3) is 0.154. The Morgan fingerprint density at radius 3 is 2.64 bits per heavy atom. The van der Waals surface area contributed by atoms with Crippen LogP contribution in [-0.2, 0) is 6.54 Å². The molecule has 0 saturated heterocycles. The molecule has 5 aromatic rings. The number of aromatic amines is 1. The number of carbonyl (C=O) groups excluding carboxylic acids is 1. The van der Waals surface area contributed by atoms with Crippen molar-refractivity contribution < 1.29 is 4.79 Å². The molecule has 1 amide bonds. The van der Waals surface area contributed by atoms with Crippen LogP contribution in [-0.4, -0.2) is 37.2 Å². The van der Waals surface area contributed by atoms with Gasteiger partial charge < -0.3 is 21.3 Å². The van der Waals surface area contributed by atoms with Gasteiger partial charge in [-0.25, -0.2) is 4.52 Å². The average molecular weight is 482 g/mol. The van der Waals surface area contributed by atoms with Crippen molar-refractivity contribution in [1.82, 2.24) is 24.8 Å². The van der Waals surface area contributed by atoms with Crippen molar-refractivity contribution in [2.45, 2.75) is 20.4 Å². The highest BCUT2D eigenvalue weighted by Gasteiger charge is 2.15. The lowest BCUT2D eigenvalue weighted by atomic mass is 10.1. The predicted octanol–water partition coefficient (Wildman–Crippen LogP) is 4.37. The topological polar surface area (TPSA) is 129 Å². The first-order valence-electron chi connectivity index (χ1n) is 11.6. The summed E-state index contributed by atoms with van der Waals surface area (Å²) < 4.78 is 1.80. The lowest BCUT2D eigenvalue weighted by Gasteiger charge is -2.22. The number of nitrogens with two attached hydrogens (primary N) is 1. The second-order valence-electron chi connectivity index (χ2n) is 8.41. The van der Waals surface area contributed by atoms with Crippen LogP contribution >= 0.6 is 0 Å². The van der Waals surface area contributed by atoms with Gasteiger partial charge in [0.15, 0.2) is 11.6 Å². The van der Waals surface area contributed by atoms with Crippen molar-refractivity contribution in [3.05, 3.63) is 89.7 Å². The first-order chi connectivity index (χ1) is 17.5. The third kappa shape index (κ3) is 4.83. The predicted molar refractivity (Wildman–Crippen MR) is 142 cm³/mol. The molecule has 3 heterocycles. The van der Waals surface area contributed by atoms with Gasteiger partial charge in [-0.1, -0.05) is 24.3 Å². The van der Waals surface area contributed by atoms with E-state index in [1.807, 2.05) is 55.6 Å². The maximum absolute atomic E-state index is 12.7. The van der Waals surface area contributed by atoms with Crippen LogP contribution in [0.1, 0.15) is 28.5 Å². The van der Waals surface area contributed by atoms with Gasteiger partial charge >= 0.3 is 0 Å². The monoisotopic (exact) mass is 481 g/mol. The van der Waals surface area contributed by atoms with Crippen LogP contribution in [0.15, 0.2) is 72.9 Å². The number of rotatable bonds is 8. The first kappa shape index (κ1) is 22.9. The molecule has 182 valence electrons. The fourth-order valence-corrected chi connectivity index (χ4v) is 3.86. The number of hydrogen-bond donors (Lipinski definition) is 4. The Morgan fingerprint density at radius 2 is 1.92 bits per heavy atom. The van der Waals surface area contributed by atoms with Gasteiger partial charge in [-0.3, -0.25) is 9.89 Å². The van der Waals surface area contributed by atoms with Gasteiger partial charge in [0, 0.05) is 36.6 Å². The number of carbonyl (C=O) groups is 1. The molecule has 0 bridgehead atoms. The summed E-state index contributed by atoms with van der Waals surface area (Å²) >= 11 is 0. The highest BCUT2D eigenvalue weighted by Crippen LogP contribution is 2.23. The quantitative estimate of drug-likeness (QED) is 0.242. The van der Waals surface area contributed by atoms with Gasteiger partial charge in [0.1, 0.15) is 5.52 Å². The number of amides is 1. The molecule has 3 aromatic heterocycles. The van der Waals surface area contributed by atoms with E-state index < -0.39 is 0 Å². The summed E-state index contributed by atoms with van der Waals surface area (Å²) in [6.45, 7) is 5.28. The molecule has 5 rings (SSSR count). The maximum atomic E-state index is 12.7. The number of nitrogens with one attached hydrogen (secondary N) is 3. The summed E-state index contributed by atoms with van der Waals surface area (Å²) in [6, 6.07) is 20.5. The smallest absolute Gasteiger partial charge is 0.255 e. The zero-order chi connectivity index (χ0) is 25.1. The number of aryl methyl sites for hydroxylation is 1. The van der Waals surface area contributed by atoms with Gasteiger partial charge in [-0.15, -0.1) is 5.10 Å². The van der Waals surface area contributed by atoms with Crippen molar-refractivity contribution in [1.29, 1.82) is 0 Å². The van der Waals surface area contributed by atoms with Crippen LogP contribution in [0.4, 0.5) is 29.0 Å². The minimum Gasteiger partial charge on any atom is -0.397 e. The molecule has 0 unspecified atom stereocenters. The van der Waals surface area contributed by atoms with Crippen molar-refractivity contribution in [3.8, 4) is 0 Å². The molecule has 2 aromatic carbocycles. The molecule has 0 aliphatic carbocycles. The summed E-state index contributed by atoms with van der Waals surface area (Å²) in [5.74, 6) is 1.73. The number of benzene rings is 2. The molecule has 0 atom stereocenters. The number of fused-ring (bicyclic) bond motifs is 1. The molecule has 0 radical (unpaired) electrons. The van der Waals surface area contributed by atoms with Gasteiger partial charge in [-0.2, -0.15) is 10.1 Å². The fourth-order valence-electron chi connectivity index (χ4n) is 3.86. The highest BCUT2D eigenvalue weighted by molar-refractivity contribution is 6.05. The van der Waals surface area contributed by atoms with Gasteiger partial charge in [-0.05, 0) is 55.8 Å². The Bertz CT molecular complexity index is 1500. The molecule has 10 heteroatoms. The van der Waals surface area contributed by atoms with E-state index in [9.17, 15) is 4.79 Å². The number of H-pyrrole nitrogens is 1. The van der Waals surface area contributed by atoms with Crippen LogP contribution in [0.3, 0.4) is 0 Å². The highest BCUT2D eigenvalue weighted by atomic mass is 16.1. The maximum Gasteiger partial charge on any atom is 0.255 e. The number of aromatic nitrogens is 5. The van der Waals surface area contributed by atoms with Gasteiger partial charge in [0.2, 0.25) is 5.95 Å². The van der Waals surface area contributed by atoms with Crippen LogP contribution in [0, 0.1) is 6.92 Å². The zero-order valence-electron chi connectivity index (χ0n) is 20.1. The molecular formula is C26H27N9O. The second kappa shape index (κ2) is 9.79. The average Bonchev–Trinajstić information content (AvgIpc) is 3.53. The lowest BCUT2D eigenvalue weighted by Crippen LogP contribution is -2.25. The molecule has 0 spiro atoms. The normalized spacial score (nSPS) is 10.9. The van der Waals surface area contributed by atoms with E-state index in [0.29, 0.717) is 47.6 Å². The molecule has 0 fully saturated rings. The van der Waals surface area contributed by atoms with E-state index in [1.165, 1.54) is 0 Å². The van der Waals surface area contributed by atoms with Crippen molar-refractivity contribution in [3.63, 3.8) is 0 Å². The number of para-hydroxylation sites is 2. The van der Waals surface area contributed by atoms with Crippen LogP contribution in [0.25, 0.3) is 5.52 Å². The van der Waals surface area contributed by atoms with Crippen LogP contribution < -0.4 is 21.3 Å². The Kier molecular flexibility index (Phi) is 6.23.